The first kappa shape index (κ1) is 33.9. The summed E-state index contributed by atoms with van der Waals surface area (Å²) in [5, 5.41) is 43.0. The van der Waals surface area contributed by atoms with Gasteiger partial charge in [-0.05, 0) is 35.9 Å². The van der Waals surface area contributed by atoms with Crippen LogP contribution in [0.1, 0.15) is 31.1 Å². The number of nitrogens with one attached hydrogen (secondary N) is 1. The van der Waals surface area contributed by atoms with Gasteiger partial charge in [0.25, 0.3) is 5.82 Å². The Morgan fingerprint density at radius 1 is 0.853 bits per heavy atom. The number of H-pyrrole nitrogens is 1. The zero-order chi connectivity index (χ0) is 22.7. The number of benzene rings is 2. The van der Waals surface area contributed by atoms with E-state index in [1.54, 1.807) is 0 Å². The van der Waals surface area contributed by atoms with Crippen molar-refractivity contribution >= 4 is 35.1 Å². The number of hydrogen-bond donors (Lipinski definition) is 1. The number of nitrogens with zero attached hydrogens (tertiary/aromatic N) is 4. The molecule has 0 fully saturated rings. The molecule has 154 valence electrons. The molecule has 34 heavy (non-hydrogen) atoms. The molecule has 3 aromatic rings. The van der Waals surface area contributed by atoms with E-state index >= 15 is 0 Å². The van der Waals surface area contributed by atoms with Crippen molar-refractivity contribution in [1.29, 1.82) is 0 Å². The Labute approximate surface area is 318 Å². The van der Waals surface area contributed by atoms with Crippen LogP contribution in [0.25, 0.3) is 10.5 Å². The summed E-state index contributed by atoms with van der Waals surface area (Å²) >= 11 is 0. The normalized spacial score (nSPS) is 9.74. The predicted octanol–water partition coefficient (Wildman–Crippen LogP) is -9.77. The van der Waals surface area contributed by atoms with Gasteiger partial charge in [0.1, 0.15) is 0 Å². The van der Waals surface area contributed by atoms with Crippen molar-refractivity contribution < 1.29 is 184 Å². The fourth-order valence-corrected chi connectivity index (χ4v) is 2.55. The molecule has 15 heteroatoms. The first-order chi connectivity index (χ1) is 14.7. The van der Waals surface area contributed by atoms with Crippen LogP contribution in [-0.2, 0) is 0 Å². The van der Waals surface area contributed by atoms with Crippen LogP contribution in [0.2, 0.25) is 0 Å². The van der Waals surface area contributed by atoms with Crippen molar-refractivity contribution in [2.75, 3.05) is 0 Å². The maximum Gasteiger partial charge on any atom is 1.00 e. The smallest absolute Gasteiger partial charge is 0.545 e. The summed E-state index contributed by atoms with van der Waals surface area (Å²) in [5.74, 6) is -5.21. The van der Waals surface area contributed by atoms with E-state index in [1.807, 2.05) is 0 Å². The number of rotatable bonds is 6. The van der Waals surface area contributed by atoms with Gasteiger partial charge in [0, 0.05) is 11.1 Å². The van der Waals surface area contributed by atoms with Gasteiger partial charge in [-0.3, -0.25) is 4.79 Å². The Hall–Kier alpha value is -0.141. The van der Waals surface area contributed by atoms with Gasteiger partial charge in [0.15, 0.2) is 5.69 Å². The van der Waals surface area contributed by atoms with Gasteiger partial charge < -0.3 is 34.5 Å². The molecule has 0 saturated carbocycles. The molecule has 0 aliphatic heterocycles. The second-order valence-electron chi connectivity index (χ2n) is 5.94. The molecule has 2 aromatic carbocycles. The maximum absolute atomic E-state index is 12.7. The standard InChI is InChI=1S/C19H11N5O7.3K/c1-20-15-14(22-21-12-4-2-3-9(6-12)17(26)27)16(25)24(23-15)13-7-10(18(28)29)5-11(8-13)19(30)31;;;/h2-8,23H,(H,26,27)(H,28,29)(H,30,31);;;/q;3*+1/p-3. The van der Waals surface area contributed by atoms with Crippen LogP contribution in [0.15, 0.2) is 57.5 Å². The third-order valence-corrected chi connectivity index (χ3v) is 3.95. The topological polar surface area (TPSA) is 187 Å². The molecule has 3 rings (SSSR count). The molecule has 0 atom stereocenters. The zero-order valence-electron chi connectivity index (χ0n) is 18.2. The van der Waals surface area contributed by atoms with Gasteiger partial charge >= 0.3 is 160 Å². The third kappa shape index (κ3) is 8.19. The molecule has 1 aromatic heterocycles. The van der Waals surface area contributed by atoms with Crippen molar-refractivity contribution in [3.05, 3.63) is 80.9 Å². The minimum atomic E-state index is -1.69. The van der Waals surface area contributed by atoms with Crippen molar-refractivity contribution in [3.63, 3.8) is 0 Å². The van der Waals surface area contributed by atoms with Crippen LogP contribution in [0.4, 0.5) is 17.2 Å². The number of hydrogen-bond acceptors (Lipinski definition) is 9. The quantitative estimate of drug-likeness (QED) is 0.184. The number of carbonyl (C=O) groups excluding carboxylic acids is 3. The fraction of sp³-hybridized carbons (Fsp3) is 0. The van der Waals surface area contributed by atoms with Gasteiger partial charge in [0.2, 0.25) is 0 Å². The van der Waals surface area contributed by atoms with Crippen molar-refractivity contribution in [2.45, 2.75) is 0 Å². The summed E-state index contributed by atoms with van der Waals surface area (Å²) < 4.78 is 0.707. The Morgan fingerprint density at radius 2 is 1.41 bits per heavy atom. The van der Waals surface area contributed by atoms with Gasteiger partial charge in [-0.2, -0.15) is 14.9 Å². The molecule has 0 bridgehead atoms. The first-order valence-electron chi connectivity index (χ1n) is 8.25. The molecular formula is C19H8K3N5O7. The summed E-state index contributed by atoms with van der Waals surface area (Å²) in [6, 6.07) is 7.88. The van der Waals surface area contributed by atoms with E-state index in [9.17, 15) is 34.5 Å². The minimum Gasteiger partial charge on any atom is -0.545 e. The average Bonchev–Trinajstić information content (AvgIpc) is 3.07. The summed E-state index contributed by atoms with van der Waals surface area (Å²) in [5.41, 5.74) is -2.83. The molecule has 1 N–H and O–H groups in total. The molecule has 0 amide bonds. The maximum atomic E-state index is 12.7. The minimum absolute atomic E-state index is 0. The average molecular weight is 536 g/mol. The Bertz CT molecular complexity index is 1340. The Balaban J connectivity index is 0.00000363. The van der Waals surface area contributed by atoms with Gasteiger partial charge in [0.05, 0.1) is 29.3 Å². The largest absolute Gasteiger partial charge is 1.00 e. The number of azo groups is 1. The number of carboxylic acids is 3. The number of aromatic carboxylic acids is 3. The molecular weight excluding hydrogens is 528 g/mol. The van der Waals surface area contributed by atoms with Crippen molar-refractivity contribution in [1.82, 2.24) is 9.78 Å². The van der Waals surface area contributed by atoms with E-state index < -0.39 is 40.3 Å². The van der Waals surface area contributed by atoms with Crippen LogP contribution in [0.5, 0.6) is 0 Å². The molecule has 0 saturated heterocycles. The van der Waals surface area contributed by atoms with Crippen molar-refractivity contribution in [2.24, 2.45) is 10.2 Å². The van der Waals surface area contributed by atoms with E-state index in [0.717, 1.165) is 24.3 Å². The molecule has 0 radical (unpaired) electrons. The van der Waals surface area contributed by atoms with Gasteiger partial charge in [-0.15, -0.1) is 0 Å². The van der Waals surface area contributed by atoms with Gasteiger partial charge in [-0.25, -0.2) is 5.10 Å². The third-order valence-electron chi connectivity index (χ3n) is 3.95. The van der Waals surface area contributed by atoms with E-state index in [4.69, 9.17) is 6.57 Å². The predicted molar refractivity (Wildman–Crippen MR) is 96.3 cm³/mol. The monoisotopic (exact) mass is 535 g/mol. The summed E-state index contributed by atoms with van der Waals surface area (Å²) in [6.07, 6.45) is 0. The zero-order valence-corrected chi connectivity index (χ0v) is 27.6. The van der Waals surface area contributed by atoms with Gasteiger partial charge in [-0.1, -0.05) is 18.7 Å². The molecule has 1 heterocycles. The van der Waals surface area contributed by atoms with E-state index in [1.165, 1.54) is 18.2 Å². The summed E-state index contributed by atoms with van der Waals surface area (Å²) in [4.78, 5) is 49.1. The second-order valence-corrected chi connectivity index (χ2v) is 5.94. The summed E-state index contributed by atoms with van der Waals surface area (Å²) in [7, 11) is 0. The summed E-state index contributed by atoms with van der Waals surface area (Å²) in [6.45, 7) is 7.20. The van der Waals surface area contributed by atoms with Crippen molar-refractivity contribution in [3.8, 4) is 5.69 Å². The Kier molecular flexibility index (Phi) is 15.1. The number of aromatic amines is 1. The van der Waals surface area contributed by atoms with E-state index in [-0.39, 0.29) is 177 Å². The molecule has 0 spiro atoms. The SMILES string of the molecule is [C-]#[N+]c1[nH]n(-c2cc(C(=O)[O-])cc(C(=O)[O-])c2)c(=O)c1N=Nc1cccc(C(=O)[O-])c1.[K+].[K+].[K+]. The number of carbonyl (C=O) groups is 3. The number of carboxylic acid groups (broad SMARTS) is 3. The van der Waals surface area contributed by atoms with Crippen LogP contribution in [-0.4, -0.2) is 27.7 Å². The Morgan fingerprint density at radius 3 is 1.91 bits per heavy atom. The van der Waals surface area contributed by atoms with E-state index in [2.05, 4.69) is 20.2 Å². The van der Waals surface area contributed by atoms with Crippen LogP contribution in [0.3, 0.4) is 0 Å². The molecule has 0 aliphatic rings. The van der Waals surface area contributed by atoms with Crippen LogP contribution in [0, 0.1) is 6.57 Å². The molecule has 12 nitrogen and oxygen atoms in total. The fourth-order valence-electron chi connectivity index (χ4n) is 2.55. The second kappa shape index (κ2) is 15.2. The molecule has 0 unspecified atom stereocenters. The van der Waals surface area contributed by atoms with Crippen LogP contribution >= 0.6 is 0 Å². The number of aromatic nitrogens is 2. The van der Waals surface area contributed by atoms with Crippen LogP contribution < -0.4 is 175 Å². The van der Waals surface area contributed by atoms with E-state index in [0.29, 0.717) is 4.68 Å². The first-order valence-corrected chi connectivity index (χ1v) is 8.25. The molecule has 0 aliphatic carbocycles.